The predicted octanol–water partition coefficient (Wildman–Crippen LogP) is 4.59. The molecule has 162 valence electrons. The van der Waals surface area contributed by atoms with Gasteiger partial charge in [-0.25, -0.2) is 5.84 Å². The van der Waals surface area contributed by atoms with Gasteiger partial charge in [0.25, 0.3) is 0 Å². The van der Waals surface area contributed by atoms with Crippen LogP contribution in [0.1, 0.15) is 11.1 Å². The minimum atomic E-state index is 0.380. The van der Waals surface area contributed by atoms with Crippen molar-refractivity contribution in [3.63, 3.8) is 0 Å². The van der Waals surface area contributed by atoms with Gasteiger partial charge in [-0.2, -0.15) is 15.5 Å². The molecule has 0 aliphatic heterocycles. The molecule has 3 aromatic carbocycles. The zero-order valence-electron chi connectivity index (χ0n) is 17.4. The monoisotopic (exact) mass is 454 g/mol. The van der Waals surface area contributed by atoms with Gasteiger partial charge >= 0.3 is 0 Å². The van der Waals surface area contributed by atoms with Crippen LogP contribution in [-0.2, 0) is 6.54 Å². The van der Waals surface area contributed by atoms with Crippen molar-refractivity contribution in [2.45, 2.75) is 6.54 Å². The van der Waals surface area contributed by atoms with E-state index >= 15 is 0 Å². The molecule has 2 aromatic heterocycles. The van der Waals surface area contributed by atoms with Crippen LogP contribution in [0.4, 0.5) is 17.1 Å². The first-order valence-corrected chi connectivity index (χ1v) is 10.5. The van der Waals surface area contributed by atoms with Gasteiger partial charge in [0, 0.05) is 17.1 Å². The van der Waals surface area contributed by atoms with Gasteiger partial charge in [-0.05, 0) is 54.1 Å². The Kier molecular flexibility index (Phi) is 5.18. The van der Waals surface area contributed by atoms with Gasteiger partial charge in [-0.15, -0.1) is 0 Å². The molecule has 5 rings (SSSR count). The lowest BCUT2D eigenvalue weighted by Crippen LogP contribution is -2.26. The number of nitrogens with two attached hydrogens (primary N) is 2. The highest BCUT2D eigenvalue weighted by molar-refractivity contribution is 6.34. The molecule has 0 fully saturated rings. The third-order valence-electron chi connectivity index (χ3n) is 5.50. The number of benzene rings is 3. The van der Waals surface area contributed by atoms with Crippen LogP contribution in [0.5, 0.6) is 0 Å². The molecule has 5 N–H and O–H groups in total. The van der Waals surface area contributed by atoms with Crippen LogP contribution in [0.15, 0.2) is 73.1 Å². The van der Waals surface area contributed by atoms with E-state index < -0.39 is 0 Å². The van der Waals surface area contributed by atoms with Crippen LogP contribution in [0.25, 0.3) is 22.2 Å². The largest absolute Gasteiger partial charge is 0.396 e. The Morgan fingerprint density at radius 2 is 1.91 bits per heavy atom. The molecule has 0 amide bonds. The molecule has 0 aliphatic rings. The van der Waals surface area contributed by atoms with E-state index in [1.807, 2.05) is 47.1 Å². The molecule has 8 nitrogen and oxygen atoms in total. The summed E-state index contributed by atoms with van der Waals surface area (Å²) in [5.74, 6) is 6.47. The van der Waals surface area contributed by atoms with E-state index in [9.17, 15) is 0 Å². The number of anilines is 3. The van der Waals surface area contributed by atoms with Crippen LogP contribution >= 0.6 is 11.6 Å². The smallest absolute Gasteiger partial charge is 0.0991 e. The van der Waals surface area contributed by atoms with Crippen molar-refractivity contribution in [2.75, 3.05) is 10.7 Å². The number of hydrogen-bond donors (Lipinski definition) is 3. The summed E-state index contributed by atoms with van der Waals surface area (Å²) in [6.07, 6.45) is 3.48. The molecule has 0 unspecified atom stereocenters. The van der Waals surface area contributed by atoms with Crippen molar-refractivity contribution < 1.29 is 0 Å². The van der Waals surface area contributed by atoms with Gasteiger partial charge in [0.15, 0.2) is 0 Å². The second kappa shape index (κ2) is 8.31. The maximum absolute atomic E-state index is 9.01. The number of hydrogen-bond acceptors (Lipinski definition) is 6. The number of nitriles is 1. The Hall–Kier alpha value is -4.32. The Morgan fingerprint density at radius 1 is 1.09 bits per heavy atom. The summed E-state index contributed by atoms with van der Waals surface area (Å²) in [5, 5.41) is 23.4. The molecule has 33 heavy (non-hydrogen) atoms. The Labute approximate surface area is 194 Å². The number of aromatic nitrogens is 4. The molecule has 9 heteroatoms. The van der Waals surface area contributed by atoms with Gasteiger partial charge in [0.05, 0.1) is 57.7 Å². The molecule has 0 spiro atoms. The van der Waals surface area contributed by atoms with Crippen molar-refractivity contribution >= 4 is 39.6 Å². The Balaban J connectivity index is 1.51. The number of nitrogen functional groups attached to an aromatic ring is 1. The second-order valence-corrected chi connectivity index (χ2v) is 7.99. The minimum Gasteiger partial charge on any atom is -0.396 e. The van der Waals surface area contributed by atoms with E-state index in [0.29, 0.717) is 28.5 Å². The summed E-state index contributed by atoms with van der Waals surface area (Å²) in [6, 6.07) is 20.9. The predicted molar refractivity (Wildman–Crippen MR) is 130 cm³/mol. The van der Waals surface area contributed by atoms with E-state index in [0.717, 1.165) is 33.4 Å². The minimum absolute atomic E-state index is 0.380. The van der Waals surface area contributed by atoms with Crippen LogP contribution in [0.3, 0.4) is 0 Å². The molecule has 5 aromatic rings. The first kappa shape index (κ1) is 20.6. The van der Waals surface area contributed by atoms with Gasteiger partial charge in [-0.3, -0.25) is 14.8 Å². The lowest BCUT2D eigenvalue weighted by atomic mass is 10.1. The maximum atomic E-state index is 9.01. The number of aromatic amines is 1. The van der Waals surface area contributed by atoms with Crippen molar-refractivity contribution in [1.82, 2.24) is 20.0 Å². The van der Waals surface area contributed by atoms with Crippen LogP contribution in [0.2, 0.25) is 5.02 Å². The second-order valence-electron chi connectivity index (χ2n) is 7.59. The first-order valence-electron chi connectivity index (χ1n) is 10.1. The standard InChI is InChI=1S/C24H19ClN8/c25-20-9-18(22-7-8-30-32(22)14-16-3-1-15(12-26)2-4-16)10-23(24(20)27)33(28)19-6-5-17-13-29-31-21(17)11-19/h1-11,13H,14,27-28H2,(H,29,31). The normalized spacial score (nSPS) is 10.9. The molecule has 0 bridgehead atoms. The van der Waals surface area contributed by atoms with E-state index in [1.165, 1.54) is 5.01 Å². The summed E-state index contributed by atoms with van der Waals surface area (Å²) in [4.78, 5) is 0. The fraction of sp³-hybridized carbons (Fsp3) is 0.0417. The van der Waals surface area contributed by atoms with Crippen molar-refractivity contribution in [1.29, 1.82) is 5.26 Å². The molecule has 0 saturated carbocycles. The van der Waals surface area contributed by atoms with Crippen LogP contribution in [0, 0.1) is 11.3 Å². The van der Waals surface area contributed by atoms with Gasteiger partial charge in [-0.1, -0.05) is 23.7 Å². The molecule has 0 aliphatic carbocycles. The van der Waals surface area contributed by atoms with E-state index in [1.54, 1.807) is 30.6 Å². The van der Waals surface area contributed by atoms with E-state index in [-0.39, 0.29) is 0 Å². The molecule has 0 saturated heterocycles. The number of H-pyrrole nitrogens is 1. The Bertz CT molecular complexity index is 1490. The molecule has 0 atom stereocenters. The highest BCUT2D eigenvalue weighted by Gasteiger charge is 2.16. The molecular formula is C24H19ClN8. The fourth-order valence-electron chi connectivity index (χ4n) is 3.73. The van der Waals surface area contributed by atoms with Gasteiger partial charge in [0.1, 0.15) is 0 Å². The summed E-state index contributed by atoms with van der Waals surface area (Å²) in [7, 11) is 0. The summed E-state index contributed by atoms with van der Waals surface area (Å²) < 4.78 is 1.87. The zero-order chi connectivity index (χ0) is 22.9. The average Bonchev–Trinajstić information content (AvgIpc) is 3.49. The first-order chi connectivity index (χ1) is 16.0. The topological polar surface area (TPSA) is 126 Å². The Morgan fingerprint density at radius 3 is 2.70 bits per heavy atom. The number of halogens is 1. The number of nitrogens with one attached hydrogen (secondary N) is 1. The van der Waals surface area contributed by atoms with Crippen molar-refractivity contribution in [2.24, 2.45) is 5.84 Å². The van der Waals surface area contributed by atoms with Crippen molar-refractivity contribution in [3.05, 3.63) is 89.2 Å². The van der Waals surface area contributed by atoms with Gasteiger partial charge < -0.3 is 5.73 Å². The fourth-order valence-corrected chi connectivity index (χ4v) is 3.94. The summed E-state index contributed by atoms with van der Waals surface area (Å²) in [5.41, 5.74) is 12.2. The zero-order valence-corrected chi connectivity index (χ0v) is 18.2. The maximum Gasteiger partial charge on any atom is 0.0991 e. The number of fused-ring (bicyclic) bond motifs is 1. The number of hydrazine groups is 1. The highest BCUT2D eigenvalue weighted by Crippen LogP contribution is 2.38. The highest BCUT2D eigenvalue weighted by atomic mass is 35.5. The van der Waals surface area contributed by atoms with E-state index in [4.69, 9.17) is 28.4 Å². The van der Waals surface area contributed by atoms with E-state index in [2.05, 4.69) is 21.4 Å². The average molecular weight is 455 g/mol. The summed E-state index contributed by atoms with van der Waals surface area (Å²) >= 11 is 6.51. The molecular weight excluding hydrogens is 436 g/mol. The van der Waals surface area contributed by atoms with Crippen LogP contribution in [-0.4, -0.2) is 20.0 Å². The SMILES string of the molecule is N#Cc1ccc(Cn2nccc2-c2cc(Cl)c(N)c(N(N)c3ccc4cn[nH]c4c3)c2)cc1. The number of rotatable bonds is 5. The lowest BCUT2D eigenvalue weighted by Gasteiger charge is -2.22. The number of nitrogens with zero attached hydrogens (tertiary/aromatic N) is 5. The molecule has 2 heterocycles. The lowest BCUT2D eigenvalue weighted by molar-refractivity contribution is 0.694. The van der Waals surface area contributed by atoms with Crippen LogP contribution < -0.4 is 16.6 Å². The quantitative estimate of drug-likeness (QED) is 0.202. The molecule has 0 radical (unpaired) electrons. The third kappa shape index (κ3) is 3.87. The van der Waals surface area contributed by atoms with Gasteiger partial charge in [0.2, 0.25) is 0 Å². The van der Waals surface area contributed by atoms with Crippen molar-refractivity contribution in [3.8, 4) is 17.3 Å². The summed E-state index contributed by atoms with van der Waals surface area (Å²) in [6.45, 7) is 0.536. The third-order valence-corrected chi connectivity index (χ3v) is 5.81.